The van der Waals surface area contributed by atoms with Gasteiger partial charge in [0.25, 0.3) is 0 Å². The number of aryl methyl sites for hydroxylation is 1. The number of benzene rings is 3. The number of hydrogen-bond donors (Lipinski definition) is 0. The zero-order valence-electron chi connectivity index (χ0n) is 16.8. The molecule has 0 atom stereocenters. The molecule has 4 rings (SSSR count). The van der Waals surface area contributed by atoms with Crippen LogP contribution in [0.1, 0.15) is 21.5 Å². The third kappa shape index (κ3) is 3.92. The average molecular weight is 452 g/mol. The number of fused-ring (bicyclic) bond motifs is 1. The number of pyridine rings is 1. The molecule has 0 bridgehead atoms. The zero-order chi connectivity index (χ0) is 22.2. The van der Waals surface area contributed by atoms with Crippen LogP contribution in [0.3, 0.4) is 0 Å². The first kappa shape index (κ1) is 21.0. The molecule has 0 aliphatic rings. The molecule has 5 nitrogen and oxygen atoms in total. The summed E-state index contributed by atoms with van der Waals surface area (Å²) in [5.74, 6) is 0.156. The average Bonchev–Trinajstić information content (AvgIpc) is 2.78. The predicted molar refractivity (Wildman–Crippen MR) is 120 cm³/mol. The summed E-state index contributed by atoms with van der Waals surface area (Å²) >= 11 is 5.94. The number of hydrogen-bond acceptors (Lipinski definition) is 5. The molecule has 4 aromatic rings. The van der Waals surface area contributed by atoms with Crippen molar-refractivity contribution >= 4 is 38.1 Å². The summed E-state index contributed by atoms with van der Waals surface area (Å²) in [6.45, 7) is 1.86. The second-order valence-corrected chi connectivity index (χ2v) is 9.36. The van der Waals surface area contributed by atoms with Crippen molar-refractivity contribution in [3.05, 3.63) is 94.6 Å². The van der Waals surface area contributed by atoms with E-state index >= 15 is 0 Å². The molecule has 31 heavy (non-hydrogen) atoms. The lowest BCUT2D eigenvalue weighted by Gasteiger charge is -2.14. The molecule has 0 aliphatic heterocycles. The highest BCUT2D eigenvalue weighted by molar-refractivity contribution is 7.91. The van der Waals surface area contributed by atoms with E-state index in [2.05, 4.69) is 4.98 Å². The van der Waals surface area contributed by atoms with Gasteiger partial charge < -0.3 is 4.74 Å². The highest BCUT2D eigenvalue weighted by Crippen LogP contribution is 2.33. The molecule has 0 N–H and O–H groups in total. The number of sulfone groups is 1. The second-order valence-electron chi connectivity index (χ2n) is 7.04. The van der Waals surface area contributed by atoms with Crippen LogP contribution < -0.4 is 4.74 Å². The lowest BCUT2D eigenvalue weighted by atomic mass is 10.0. The maximum absolute atomic E-state index is 13.7. The molecule has 0 amide bonds. The van der Waals surface area contributed by atoms with Gasteiger partial charge in [0.15, 0.2) is 5.78 Å². The molecule has 0 unspecified atom stereocenters. The van der Waals surface area contributed by atoms with Crippen molar-refractivity contribution in [2.75, 3.05) is 7.11 Å². The number of carbonyl (C=O) groups is 1. The molecule has 1 heterocycles. The standard InChI is InChI=1S/C24H18ClNO4S/c1-15-3-12-22-20(13-15)24(31(28,29)19-10-6-17(25)7-11-19)21(14-26-22)23(27)16-4-8-18(30-2)9-5-16/h3-14H,1-2H3. The van der Waals surface area contributed by atoms with Gasteiger partial charge in [0, 0.05) is 22.2 Å². The van der Waals surface area contributed by atoms with E-state index in [0.29, 0.717) is 27.2 Å². The molecule has 156 valence electrons. The van der Waals surface area contributed by atoms with Crippen LogP contribution >= 0.6 is 11.6 Å². The molecule has 0 saturated heterocycles. The Hall–Kier alpha value is -3.22. The summed E-state index contributed by atoms with van der Waals surface area (Å²) in [6, 6.07) is 17.7. The van der Waals surface area contributed by atoms with Crippen LogP contribution in [-0.4, -0.2) is 26.3 Å². The lowest BCUT2D eigenvalue weighted by molar-refractivity contribution is 0.103. The summed E-state index contributed by atoms with van der Waals surface area (Å²) in [6.07, 6.45) is 1.33. The van der Waals surface area contributed by atoms with Crippen LogP contribution in [0.2, 0.25) is 5.02 Å². The van der Waals surface area contributed by atoms with Crippen LogP contribution in [0, 0.1) is 6.92 Å². The molecule has 0 radical (unpaired) electrons. The number of carbonyl (C=O) groups excluding carboxylic acids is 1. The quantitative estimate of drug-likeness (QED) is 0.386. The first-order valence-electron chi connectivity index (χ1n) is 9.40. The van der Waals surface area contributed by atoms with Gasteiger partial charge in [-0.1, -0.05) is 23.2 Å². The van der Waals surface area contributed by atoms with Crippen molar-refractivity contribution in [1.82, 2.24) is 4.98 Å². The molecular formula is C24H18ClNO4S. The number of methoxy groups -OCH3 is 1. The minimum atomic E-state index is -4.04. The third-order valence-electron chi connectivity index (χ3n) is 4.96. The Morgan fingerprint density at radius 2 is 1.65 bits per heavy atom. The van der Waals surface area contributed by atoms with Crippen LogP contribution in [0.5, 0.6) is 5.75 Å². The zero-order valence-corrected chi connectivity index (χ0v) is 18.4. The van der Waals surface area contributed by atoms with Crippen LogP contribution in [-0.2, 0) is 9.84 Å². The van der Waals surface area contributed by atoms with Gasteiger partial charge in [-0.3, -0.25) is 9.78 Å². The number of ether oxygens (including phenoxy) is 1. The van der Waals surface area contributed by atoms with E-state index in [1.54, 1.807) is 36.4 Å². The van der Waals surface area contributed by atoms with Crippen molar-refractivity contribution in [3.63, 3.8) is 0 Å². The van der Waals surface area contributed by atoms with Crippen molar-refractivity contribution in [2.45, 2.75) is 16.7 Å². The van der Waals surface area contributed by atoms with Gasteiger partial charge in [-0.05, 0) is 67.6 Å². The Labute approximate surface area is 185 Å². The fourth-order valence-electron chi connectivity index (χ4n) is 3.36. The first-order chi connectivity index (χ1) is 14.8. The number of rotatable bonds is 5. The second kappa shape index (κ2) is 8.13. The van der Waals surface area contributed by atoms with Gasteiger partial charge in [-0.15, -0.1) is 0 Å². The number of ketones is 1. The summed E-state index contributed by atoms with van der Waals surface area (Å²) in [4.78, 5) is 17.7. The van der Waals surface area contributed by atoms with Crippen molar-refractivity contribution in [1.29, 1.82) is 0 Å². The van der Waals surface area contributed by atoms with Crippen molar-refractivity contribution in [3.8, 4) is 5.75 Å². The highest BCUT2D eigenvalue weighted by Gasteiger charge is 2.28. The molecule has 0 fully saturated rings. The number of nitrogens with zero attached hydrogens (tertiary/aromatic N) is 1. The summed E-state index contributed by atoms with van der Waals surface area (Å²) in [5.41, 5.74) is 1.70. The van der Waals surface area contributed by atoms with E-state index < -0.39 is 15.6 Å². The van der Waals surface area contributed by atoms with Gasteiger partial charge in [0.2, 0.25) is 9.84 Å². The molecule has 7 heteroatoms. The van der Waals surface area contributed by atoms with E-state index in [1.165, 1.54) is 37.6 Å². The first-order valence-corrected chi connectivity index (χ1v) is 11.3. The Morgan fingerprint density at radius 3 is 2.29 bits per heavy atom. The van der Waals surface area contributed by atoms with Crippen LogP contribution in [0.25, 0.3) is 10.9 Å². The predicted octanol–water partition coefficient (Wildman–Crippen LogP) is 5.27. The maximum Gasteiger partial charge on any atom is 0.208 e. The monoisotopic (exact) mass is 451 g/mol. The Balaban J connectivity index is 2.00. The lowest BCUT2D eigenvalue weighted by Crippen LogP contribution is -2.12. The summed E-state index contributed by atoms with van der Waals surface area (Å²) in [5, 5.41) is 0.818. The normalized spacial score (nSPS) is 11.5. The van der Waals surface area contributed by atoms with Crippen LogP contribution in [0.15, 0.2) is 82.7 Å². The van der Waals surface area contributed by atoms with E-state index in [1.807, 2.05) is 13.0 Å². The van der Waals surface area contributed by atoms with Gasteiger partial charge in [-0.2, -0.15) is 0 Å². The topological polar surface area (TPSA) is 73.3 Å². The Kier molecular flexibility index (Phi) is 5.52. The molecule has 0 aliphatic carbocycles. The van der Waals surface area contributed by atoms with Gasteiger partial charge >= 0.3 is 0 Å². The molecular weight excluding hydrogens is 434 g/mol. The largest absolute Gasteiger partial charge is 0.497 e. The summed E-state index contributed by atoms with van der Waals surface area (Å²) in [7, 11) is -2.51. The third-order valence-corrected chi connectivity index (χ3v) is 7.09. The Bertz CT molecular complexity index is 1400. The Morgan fingerprint density at radius 1 is 0.968 bits per heavy atom. The van der Waals surface area contributed by atoms with Crippen molar-refractivity contribution in [2.24, 2.45) is 0 Å². The minimum Gasteiger partial charge on any atom is -0.497 e. The van der Waals surface area contributed by atoms with E-state index in [-0.39, 0.29) is 15.4 Å². The number of aromatic nitrogens is 1. The number of halogens is 1. The van der Waals surface area contributed by atoms with E-state index in [4.69, 9.17) is 16.3 Å². The molecule has 1 aromatic heterocycles. The van der Waals surface area contributed by atoms with Crippen molar-refractivity contribution < 1.29 is 17.9 Å². The molecule has 3 aromatic carbocycles. The molecule has 0 spiro atoms. The van der Waals surface area contributed by atoms with E-state index in [9.17, 15) is 13.2 Å². The van der Waals surface area contributed by atoms with Gasteiger partial charge in [0.1, 0.15) is 5.75 Å². The van der Waals surface area contributed by atoms with Gasteiger partial charge in [0.05, 0.1) is 28.0 Å². The van der Waals surface area contributed by atoms with Crippen LogP contribution in [0.4, 0.5) is 0 Å². The van der Waals surface area contributed by atoms with E-state index in [0.717, 1.165) is 5.56 Å². The fourth-order valence-corrected chi connectivity index (χ4v) is 5.11. The smallest absolute Gasteiger partial charge is 0.208 e. The SMILES string of the molecule is COc1ccc(C(=O)c2cnc3ccc(C)cc3c2S(=O)(=O)c2ccc(Cl)cc2)cc1. The summed E-state index contributed by atoms with van der Waals surface area (Å²) < 4.78 is 32.5. The maximum atomic E-state index is 13.7. The highest BCUT2D eigenvalue weighted by atomic mass is 35.5. The fraction of sp³-hybridized carbons (Fsp3) is 0.0833. The minimum absolute atomic E-state index is 0.0122. The molecule has 0 saturated carbocycles. The van der Waals surface area contributed by atoms with Gasteiger partial charge in [-0.25, -0.2) is 8.42 Å².